The first kappa shape index (κ1) is 18.9. The molecular weight excluding hydrogens is 416 g/mol. The molecule has 0 aliphatic carbocycles. The first-order valence-corrected chi connectivity index (χ1v) is 10.5. The van der Waals surface area contributed by atoms with Gasteiger partial charge in [0.15, 0.2) is 4.80 Å². The number of hydrogen-bond donors (Lipinski definition) is 0. The van der Waals surface area contributed by atoms with E-state index < -0.39 is 12.0 Å². The van der Waals surface area contributed by atoms with Crippen LogP contribution in [-0.4, -0.2) is 17.6 Å². The van der Waals surface area contributed by atoms with E-state index >= 15 is 0 Å². The summed E-state index contributed by atoms with van der Waals surface area (Å²) in [5.41, 5.74) is 1.27. The van der Waals surface area contributed by atoms with Crippen molar-refractivity contribution in [1.82, 2.24) is 4.57 Å². The number of esters is 1. The van der Waals surface area contributed by atoms with Gasteiger partial charge in [-0.15, -0.1) is 11.3 Å². The van der Waals surface area contributed by atoms with Crippen molar-refractivity contribution in [3.05, 3.63) is 88.2 Å². The fraction of sp³-hybridized carbons (Fsp3) is 0.150. The average Bonchev–Trinajstić information content (AvgIpc) is 3.29. The maximum absolute atomic E-state index is 13.3. The van der Waals surface area contributed by atoms with Gasteiger partial charge in [-0.3, -0.25) is 9.36 Å². The summed E-state index contributed by atoms with van der Waals surface area (Å²) in [6.07, 6.45) is 1.84. The molecule has 4 rings (SSSR count). The van der Waals surface area contributed by atoms with Crippen molar-refractivity contribution < 1.29 is 9.53 Å². The number of thiophene rings is 1. The van der Waals surface area contributed by atoms with E-state index in [4.69, 9.17) is 16.3 Å². The number of methoxy groups -OCH3 is 1. The summed E-state index contributed by atoms with van der Waals surface area (Å²) in [5.74, 6) is -0.529. The Morgan fingerprint density at radius 2 is 2.07 bits per heavy atom. The summed E-state index contributed by atoms with van der Waals surface area (Å²) in [6, 6.07) is 10.4. The molecule has 8 heteroatoms. The number of carbonyl (C=O) groups is 1. The molecular formula is C20H15ClN2O3S2. The van der Waals surface area contributed by atoms with Crippen LogP contribution in [0.25, 0.3) is 6.08 Å². The van der Waals surface area contributed by atoms with Gasteiger partial charge in [0, 0.05) is 9.90 Å². The Kier molecular flexibility index (Phi) is 5.05. The lowest BCUT2D eigenvalue weighted by Crippen LogP contribution is -2.39. The molecule has 3 heterocycles. The van der Waals surface area contributed by atoms with Gasteiger partial charge < -0.3 is 4.74 Å². The summed E-state index contributed by atoms with van der Waals surface area (Å²) in [7, 11) is 1.31. The minimum atomic E-state index is -0.692. The fourth-order valence-corrected chi connectivity index (χ4v) is 5.19. The maximum Gasteiger partial charge on any atom is 0.338 e. The molecule has 0 bridgehead atoms. The van der Waals surface area contributed by atoms with E-state index in [0.717, 1.165) is 4.88 Å². The Balaban J connectivity index is 2.03. The van der Waals surface area contributed by atoms with Crippen LogP contribution in [0.15, 0.2) is 62.8 Å². The van der Waals surface area contributed by atoms with Gasteiger partial charge in [-0.05, 0) is 36.1 Å². The summed E-state index contributed by atoms with van der Waals surface area (Å²) in [5, 5.41) is 2.42. The van der Waals surface area contributed by atoms with Gasteiger partial charge in [0.05, 0.1) is 22.9 Å². The van der Waals surface area contributed by atoms with Crippen molar-refractivity contribution in [1.29, 1.82) is 0 Å². The number of hydrogen-bond acceptors (Lipinski definition) is 6. The summed E-state index contributed by atoms with van der Waals surface area (Å²) in [6.45, 7) is 1.74. The van der Waals surface area contributed by atoms with Crippen LogP contribution in [0.2, 0.25) is 5.02 Å². The van der Waals surface area contributed by atoms with Crippen molar-refractivity contribution in [2.75, 3.05) is 7.11 Å². The molecule has 0 N–H and O–H groups in total. The quantitative estimate of drug-likeness (QED) is 0.600. The minimum Gasteiger partial charge on any atom is -0.466 e. The molecule has 1 atom stereocenters. The first-order chi connectivity index (χ1) is 13.5. The van der Waals surface area contributed by atoms with Crippen LogP contribution in [0, 0.1) is 0 Å². The lowest BCUT2D eigenvalue weighted by molar-refractivity contribution is -0.136. The highest BCUT2D eigenvalue weighted by Gasteiger charge is 2.34. The predicted molar refractivity (Wildman–Crippen MR) is 112 cm³/mol. The highest BCUT2D eigenvalue weighted by Crippen LogP contribution is 2.34. The van der Waals surface area contributed by atoms with Gasteiger partial charge in [0.25, 0.3) is 5.56 Å². The van der Waals surface area contributed by atoms with E-state index in [9.17, 15) is 9.59 Å². The molecule has 1 aromatic carbocycles. The van der Waals surface area contributed by atoms with Crippen LogP contribution < -0.4 is 14.9 Å². The molecule has 1 aliphatic rings. The second kappa shape index (κ2) is 7.50. The monoisotopic (exact) mass is 430 g/mol. The second-order valence-electron chi connectivity index (χ2n) is 6.11. The molecule has 5 nitrogen and oxygen atoms in total. The molecule has 0 spiro atoms. The predicted octanol–water partition coefficient (Wildman–Crippen LogP) is 3.12. The molecule has 0 fully saturated rings. The standard InChI is InChI=1S/C20H15ClN2O3S2/c1-11-16(19(25)26-2)17(13-7-3-4-8-14(13)21)23-18(24)15(28-20(23)22-11)10-12-6-5-9-27-12/h3-10,17H,1-2H3/t17-/m1/s1. The number of benzene rings is 1. The SMILES string of the molecule is COC(=O)C1=C(C)N=c2sc(=Cc3cccs3)c(=O)n2[C@@H]1c1ccccc1Cl. The lowest BCUT2D eigenvalue weighted by Gasteiger charge is -2.25. The van der Waals surface area contributed by atoms with Crippen LogP contribution in [0.1, 0.15) is 23.4 Å². The molecule has 2 aromatic heterocycles. The first-order valence-electron chi connectivity index (χ1n) is 8.40. The largest absolute Gasteiger partial charge is 0.466 e. The third-order valence-corrected chi connectivity index (χ3v) is 6.59. The molecule has 3 aromatic rings. The van der Waals surface area contributed by atoms with Crippen LogP contribution >= 0.6 is 34.3 Å². The Bertz CT molecular complexity index is 1270. The Hall–Kier alpha value is -2.48. The van der Waals surface area contributed by atoms with Crippen molar-refractivity contribution in [2.24, 2.45) is 4.99 Å². The van der Waals surface area contributed by atoms with E-state index in [2.05, 4.69) is 4.99 Å². The third kappa shape index (κ3) is 3.15. The highest BCUT2D eigenvalue weighted by atomic mass is 35.5. The number of allylic oxidation sites excluding steroid dienone is 1. The van der Waals surface area contributed by atoms with Gasteiger partial charge >= 0.3 is 5.97 Å². The van der Waals surface area contributed by atoms with Gasteiger partial charge in [0.1, 0.15) is 6.04 Å². The maximum atomic E-state index is 13.3. The summed E-state index contributed by atoms with van der Waals surface area (Å²) in [4.78, 5) is 31.8. The average molecular weight is 431 g/mol. The van der Waals surface area contributed by atoms with Crippen LogP contribution in [0.4, 0.5) is 0 Å². The summed E-state index contributed by atoms with van der Waals surface area (Å²) < 4.78 is 7.07. The Morgan fingerprint density at radius 1 is 1.29 bits per heavy atom. The Morgan fingerprint density at radius 3 is 2.75 bits per heavy atom. The van der Waals surface area contributed by atoms with Crippen molar-refractivity contribution >= 4 is 46.3 Å². The molecule has 28 heavy (non-hydrogen) atoms. The molecule has 0 unspecified atom stereocenters. The molecule has 0 saturated carbocycles. The van der Waals surface area contributed by atoms with E-state index in [1.165, 1.54) is 23.0 Å². The number of nitrogens with zero attached hydrogens (tertiary/aromatic N) is 2. The third-order valence-electron chi connectivity index (χ3n) is 4.44. The van der Waals surface area contributed by atoms with E-state index in [0.29, 0.717) is 31.2 Å². The van der Waals surface area contributed by atoms with E-state index in [1.54, 1.807) is 30.4 Å². The highest BCUT2D eigenvalue weighted by molar-refractivity contribution is 7.11. The zero-order valence-corrected chi connectivity index (χ0v) is 17.4. The second-order valence-corrected chi connectivity index (χ2v) is 8.51. The van der Waals surface area contributed by atoms with Crippen molar-refractivity contribution in [3.8, 4) is 0 Å². The number of carbonyl (C=O) groups excluding carboxylic acids is 1. The topological polar surface area (TPSA) is 60.7 Å². The normalized spacial score (nSPS) is 16.7. The molecule has 0 amide bonds. The zero-order valence-electron chi connectivity index (χ0n) is 15.0. The van der Waals surface area contributed by atoms with E-state index in [1.807, 2.05) is 35.7 Å². The van der Waals surface area contributed by atoms with Crippen LogP contribution in [0.3, 0.4) is 0 Å². The number of ether oxygens (including phenoxy) is 1. The van der Waals surface area contributed by atoms with Gasteiger partial charge in [-0.1, -0.05) is 47.2 Å². The van der Waals surface area contributed by atoms with E-state index in [-0.39, 0.29) is 5.56 Å². The number of halogens is 1. The minimum absolute atomic E-state index is 0.212. The fourth-order valence-electron chi connectivity index (χ4n) is 3.19. The zero-order chi connectivity index (χ0) is 19.8. The number of thiazole rings is 1. The Labute approximate surface area is 173 Å². The molecule has 142 valence electrons. The number of rotatable bonds is 3. The van der Waals surface area contributed by atoms with Crippen LogP contribution in [-0.2, 0) is 9.53 Å². The van der Waals surface area contributed by atoms with Gasteiger partial charge in [0.2, 0.25) is 0 Å². The van der Waals surface area contributed by atoms with Crippen molar-refractivity contribution in [2.45, 2.75) is 13.0 Å². The van der Waals surface area contributed by atoms with Gasteiger partial charge in [-0.25, -0.2) is 9.79 Å². The molecule has 1 aliphatic heterocycles. The number of aromatic nitrogens is 1. The smallest absolute Gasteiger partial charge is 0.338 e. The van der Waals surface area contributed by atoms with Crippen molar-refractivity contribution in [3.63, 3.8) is 0 Å². The lowest BCUT2D eigenvalue weighted by atomic mass is 9.96. The summed E-state index contributed by atoms with van der Waals surface area (Å²) >= 11 is 9.28. The molecule has 0 radical (unpaired) electrons. The van der Waals surface area contributed by atoms with Crippen LogP contribution in [0.5, 0.6) is 0 Å². The van der Waals surface area contributed by atoms with Gasteiger partial charge in [-0.2, -0.15) is 0 Å². The number of fused-ring (bicyclic) bond motifs is 1. The molecule has 0 saturated heterocycles.